The van der Waals surface area contributed by atoms with E-state index < -0.39 is 5.97 Å². The first-order valence-corrected chi connectivity index (χ1v) is 6.84. The lowest BCUT2D eigenvalue weighted by molar-refractivity contribution is -0.137. The van der Waals surface area contributed by atoms with Gasteiger partial charge >= 0.3 is 5.97 Å². The fourth-order valence-electron chi connectivity index (χ4n) is 2.46. The molecule has 1 atom stereocenters. The Morgan fingerprint density at radius 3 is 2.67 bits per heavy atom. The van der Waals surface area contributed by atoms with Crippen LogP contribution >= 0.6 is 0 Å². The van der Waals surface area contributed by atoms with E-state index in [9.17, 15) is 9.59 Å². The molecule has 0 aromatic rings. The largest absolute Gasteiger partial charge is 0.481 e. The van der Waals surface area contributed by atoms with Crippen LogP contribution in [0.15, 0.2) is 0 Å². The number of carbonyl (C=O) groups excluding carboxylic acids is 1. The Morgan fingerprint density at radius 2 is 2.00 bits per heavy atom. The van der Waals surface area contributed by atoms with Crippen molar-refractivity contribution in [1.29, 1.82) is 0 Å². The fourth-order valence-corrected chi connectivity index (χ4v) is 2.46. The predicted octanol–water partition coefficient (Wildman–Crippen LogP) is 0.699. The minimum Gasteiger partial charge on any atom is -0.481 e. The topological polar surface area (TPSA) is 69.6 Å². The summed E-state index contributed by atoms with van der Waals surface area (Å²) in [6.07, 6.45) is 4.49. The molecule has 0 aromatic heterocycles. The molecule has 18 heavy (non-hydrogen) atoms. The third kappa shape index (κ3) is 4.64. The zero-order valence-electron chi connectivity index (χ0n) is 10.7. The Labute approximate surface area is 108 Å². The minimum absolute atomic E-state index is 0.112. The van der Waals surface area contributed by atoms with E-state index in [1.807, 2.05) is 0 Å². The molecule has 2 N–H and O–H groups in total. The van der Waals surface area contributed by atoms with E-state index in [1.165, 1.54) is 12.8 Å². The van der Waals surface area contributed by atoms with Crippen molar-refractivity contribution in [1.82, 2.24) is 10.2 Å². The number of carboxylic acids is 1. The molecule has 5 nitrogen and oxygen atoms in total. The second kappa shape index (κ2) is 6.18. The van der Waals surface area contributed by atoms with Crippen molar-refractivity contribution in [3.05, 3.63) is 0 Å². The molecule has 2 fully saturated rings. The first-order valence-electron chi connectivity index (χ1n) is 6.84. The number of carbonyl (C=O) groups is 2. The van der Waals surface area contributed by atoms with Gasteiger partial charge in [-0.15, -0.1) is 0 Å². The van der Waals surface area contributed by atoms with Gasteiger partial charge in [0.2, 0.25) is 5.91 Å². The van der Waals surface area contributed by atoms with Gasteiger partial charge in [-0.3, -0.25) is 14.5 Å². The van der Waals surface area contributed by atoms with Crippen LogP contribution in [0.3, 0.4) is 0 Å². The maximum Gasteiger partial charge on any atom is 0.303 e. The number of aliphatic carboxylic acids is 1. The molecule has 1 unspecified atom stereocenters. The lowest BCUT2D eigenvalue weighted by Gasteiger charge is -2.15. The molecule has 2 rings (SSSR count). The van der Waals surface area contributed by atoms with E-state index >= 15 is 0 Å². The molecule has 1 amide bonds. The Hall–Kier alpha value is -1.10. The van der Waals surface area contributed by atoms with Gasteiger partial charge in [0, 0.05) is 19.5 Å². The summed E-state index contributed by atoms with van der Waals surface area (Å²) in [7, 11) is 0. The van der Waals surface area contributed by atoms with Crippen LogP contribution in [-0.2, 0) is 9.59 Å². The van der Waals surface area contributed by atoms with Gasteiger partial charge in [0.1, 0.15) is 0 Å². The van der Waals surface area contributed by atoms with Crippen LogP contribution in [0.4, 0.5) is 0 Å². The first kappa shape index (κ1) is 13.3. The molecule has 1 aliphatic carbocycles. The van der Waals surface area contributed by atoms with Gasteiger partial charge in [-0.1, -0.05) is 0 Å². The highest BCUT2D eigenvalue weighted by molar-refractivity contribution is 5.78. The van der Waals surface area contributed by atoms with Crippen LogP contribution in [-0.4, -0.2) is 48.1 Å². The second-order valence-electron chi connectivity index (χ2n) is 5.57. The van der Waals surface area contributed by atoms with E-state index in [2.05, 4.69) is 10.2 Å². The third-order valence-electron chi connectivity index (χ3n) is 3.79. The van der Waals surface area contributed by atoms with E-state index in [0.717, 1.165) is 38.4 Å². The van der Waals surface area contributed by atoms with Crippen LogP contribution in [0.25, 0.3) is 0 Å². The molecule has 102 valence electrons. The number of likely N-dealkylation sites (tertiary alicyclic amines) is 1. The Balaban J connectivity index is 1.59. The van der Waals surface area contributed by atoms with Crippen molar-refractivity contribution in [2.45, 2.75) is 32.1 Å². The van der Waals surface area contributed by atoms with E-state index in [1.54, 1.807) is 0 Å². The van der Waals surface area contributed by atoms with Crippen molar-refractivity contribution in [2.75, 3.05) is 26.2 Å². The summed E-state index contributed by atoms with van der Waals surface area (Å²) in [6.45, 7) is 3.08. The quantitative estimate of drug-likeness (QED) is 0.701. The molecule has 1 aliphatic heterocycles. The average Bonchev–Trinajstić information content (AvgIpc) is 3.05. The van der Waals surface area contributed by atoms with Gasteiger partial charge in [0.05, 0.1) is 6.54 Å². The molecule has 0 aromatic carbocycles. The van der Waals surface area contributed by atoms with Gasteiger partial charge in [-0.05, 0) is 44.1 Å². The first-order chi connectivity index (χ1) is 8.63. The highest BCUT2D eigenvalue weighted by Gasteiger charge is 2.25. The van der Waals surface area contributed by atoms with Crippen molar-refractivity contribution in [2.24, 2.45) is 11.8 Å². The summed E-state index contributed by atoms with van der Waals surface area (Å²) < 4.78 is 0. The average molecular weight is 254 g/mol. The van der Waals surface area contributed by atoms with E-state index in [0.29, 0.717) is 12.5 Å². The summed E-state index contributed by atoms with van der Waals surface area (Å²) in [6, 6.07) is 0. The lowest BCUT2D eigenvalue weighted by Crippen LogP contribution is -2.37. The number of hydrogen-bond donors (Lipinski definition) is 2. The highest BCUT2D eigenvalue weighted by atomic mass is 16.4. The second-order valence-corrected chi connectivity index (χ2v) is 5.57. The van der Waals surface area contributed by atoms with E-state index in [4.69, 9.17) is 5.11 Å². The van der Waals surface area contributed by atoms with Gasteiger partial charge in [-0.25, -0.2) is 0 Å². The molecule has 2 aliphatic rings. The monoisotopic (exact) mass is 254 g/mol. The zero-order chi connectivity index (χ0) is 13.0. The minimum atomic E-state index is -0.726. The number of nitrogens with zero attached hydrogens (tertiary/aromatic N) is 1. The SMILES string of the molecule is O=C(O)CCC1CCN(CC(=O)NCC2CC2)C1. The zero-order valence-corrected chi connectivity index (χ0v) is 10.7. The number of rotatable bonds is 7. The van der Waals surface area contributed by atoms with Crippen LogP contribution < -0.4 is 5.32 Å². The summed E-state index contributed by atoms with van der Waals surface area (Å²) in [5, 5.41) is 11.6. The van der Waals surface area contributed by atoms with Crippen molar-refractivity contribution in [3.8, 4) is 0 Å². The number of carboxylic acid groups (broad SMARTS) is 1. The molecule has 1 saturated heterocycles. The fraction of sp³-hybridized carbons (Fsp3) is 0.846. The highest BCUT2D eigenvalue weighted by Crippen LogP contribution is 2.27. The summed E-state index contributed by atoms with van der Waals surface area (Å²) in [5.74, 6) is 0.546. The van der Waals surface area contributed by atoms with Crippen LogP contribution in [0.2, 0.25) is 0 Å². The van der Waals surface area contributed by atoms with Crippen LogP contribution in [0.1, 0.15) is 32.1 Å². The van der Waals surface area contributed by atoms with Gasteiger partial charge < -0.3 is 10.4 Å². The van der Waals surface area contributed by atoms with Gasteiger partial charge in [0.25, 0.3) is 0 Å². The number of amides is 1. The summed E-state index contributed by atoms with van der Waals surface area (Å²) in [4.78, 5) is 24.3. The smallest absolute Gasteiger partial charge is 0.303 e. The molecule has 0 bridgehead atoms. The number of hydrogen-bond acceptors (Lipinski definition) is 3. The van der Waals surface area contributed by atoms with Crippen LogP contribution in [0.5, 0.6) is 0 Å². The molecule has 5 heteroatoms. The third-order valence-corrected chi connectivity index (χ3v) is 3.79. The maximum absolute atomic E-state index is 11.7. The van der Waals surface area contributed by atoms with Crippen molar-refractivity contribution < 1.29 is 14.7 Å². The van der Waals surface area contributed by atoms with Crippen LogP contribution in [0, 0.1) is 11.8 Å². The van der Waals surface area contributed by atoms with E-state index in [-0.39, 0.29) is 12.3 Å². The van der Waals surface area contributed by atoms with Crippen molar-refractivity contribution >= 4 is 11.9 Å². The predicted molar refractivity (Wildman–Crippen MR) is 67.2 cm³/mol. The molecule has 1 saturated carbocycles. The summed E-state index contributed by atoms with van der Waals surface area (Å²) in [5.41, 5.74) is 0. The summed E-state index contributed by atoms with van der Waals surface area (Å²) >= 11 is 0. The molecular weight excluding hydrogens is 232 g/mol. The van der Waals surface area contributed by atoms with Gasteiger partial charge in [0.15, 0.2) is 0 Å². The normalized spacial score (nSPS) is 24.1. The Kier molecular flexibility index (Phi) is 4.58. The molecular formula is C13H22N2O3. The molecule has 1 heterocycles. The number of nitrogens with one attached hydrogen (secondary N) is 1. The van der Waals surface area contributed by atoms with Gasteiger partial charge in [-0.2, -0.15) is 0 Å². The molecule has 0 radical (unpaired) electrons. The maximum atomic E-state index is 11.7. The Bertz CT molecular complexity index is 315. The lowest BCUT2D eigenvalue weighted by atomic mass is 10.0. The standard InChI is InChI=1S/C13H22N2O3/c16-12(14-7-10-1-2-10)9-15-6-5-11(8-15)3-4-13(17)18/h10-11H,1-9H2,(H,14,16)(H,17,18). The molecule has 0 spiro atoms. The van der Waals surface area contributed by atoms with Crippen molar-refractivity contribution in [3.63, 3.8) is 0 Å². The Morgan fingerprint density at radius 1 is 1.22 bits per heavy atom.